The Balaban J connectivity index is 2.97. The maximum atomic E-state index is 13.1. The minimum atomic E-state index is -1.09. The molecule has 0 radical (unpaired) electrons. The lowest BCUT2D eigenvalue weighted by atomic mass is 10.1. The Morgan fingerprint density at radius 3 is 2.47 bits per heavy atom. The van der Waals surface area contributed by atoms with E-state index in [1.54, 1.807) is 13.8 Å². The van der Waals surface area contributed by atoms with Crippen LogP contribution in [0.4, 0.5) is 4.39 Å². The first kappa shape index (κ1) is 13.2. The second-order valence-electron chi connectivity index (χ2n) is 3.73. The summed E-state index contributed by atoms with van der Waals surface area (Å²) >= 11 is 0. The number of likely N-dealkylation sites (N-methyl/N-ethyl adjacent to an activating group) is 1. The molecule has 1 N–H and O–H groups in total. The van der Waals surface area contributed by atoms with Crippen molar-refractivity contribution in [1.82, 2.24) is 4.90 Å². The third kappa shape index (κ3) is 3.55. The zero-order valence-corrected chi connectivity index (χ0v) is 9.74. The SMILES string of the molecule is CCN(CC(=O)O)C(=O)c1cc(C)cc(F)c1. The summed E-state index contributed by atoms with van der Waals surface area (Å²) in [6, 6.07) is 3.96. The van der Waals surface area contributed by atoms with Crippen molar-refractivity contribution in [3.05, 3.63) is 35.1 Å². The maximum Gasteiger partial charge on any atom is 0.323 e. The number of halogens is 1. The Morgan fingerprint density at radius 2 is 2.00 bits per heavy atom. The van der Waals surface area contributed by atoms with Crippen molar-refractivity contribution in [3.8, 4) is 0 Å². The van der Waals surface area contributed by atoms with Gasteiger partial charge < -0.3 is 10.0 Å². The van der Waals surface area contributed by atoms with Crippen LogP contribution in [0.15, 0.2) is 18.2 Å². The van der Waals surface area contributed by atoms with Crippen molar-refractivity contribution in [2.45, 2.75) is 13.8 Å². The molecule has 0 saturated carbocycles. The fourth-order valence-corrected chi connectivity index (χ4v) is 1.53. The lowest BCUT2D eigenvalue weighted by molar-refractivity contribution is -0.137. The molecule has 1 aromatic carbocycles. The molecule has 0 atom stereocenters. The molecular formula is C12H14FNO3. The lowest BCUT2D eigenvalue weighted by Crippen LogP contribution is -2.35. The molecule has 5 heteroatoms. The van der Waals surface area contributed by atoms with E-state index in [1.807, 2.05) is 0 Å². The van der Waals surface area contributed by atoms with Crippen LogP contribution < -0.4 is 0 Å². The molecule has 92 valence electrons. The highest BCUT2D eigenvalue weighted by atomic mass is 19.1. The number of hydrogen-bond donors (Lipinski definition) is 1. The number of benzene rings is 1. The molecule has 0 aliphatic heterocycles. The second-order valence-corrected chi connectivity index (χ2v) is 3.73. The number of hydrogen-bond acceptors (Lipinski definition) is 2. The fraction of sp³-hybridized carbons (Fsp3) is 0.333. The number of carbonyl (C=O) groups excluding carboxylic acids is 1. The number of nitrogens with zero attached hydrogens (tertiary/aromatic N) is 1. The molecule has 0 aromatic heterocycles. The van der Waals surface area contributed by atoms with Crippen molar-refractivity contribution in [2.24, 2.45) is 0 Å². The number of carboxylic acid groups (broad SMARTS) is 1. The van der Waals surface area contributed by atoms with Gasteiger partial charge in [0.2, 0.25) is 0 Å². The van der Waals surface area contributed by atoms with Crippen molar-refractivity contribution in [2.75, 3.05) is 13.1 Å². The van der Waals surface area contributed by atoms with E-state index in [2.05, 4.69) is 0 Å². The van der Waals surface area contributed by atoms with Gasteiger partial charge in [-0.1, -0.05) is 0 Å². The van der Waals surface area contributed by atoms with Crippen LogP contribution in [0.25, 0.3) is 0 Å². The predicted molar refractivity (Wildman–Crippen MR) is 60.4 cm³/mol. The van der Waals surface area contributed by atoms with E-state index >= 15 is 0 Å². The number of rotatable bonds is 4. The number of aryl methyl sites for hydroxylation is 1. The van der Waals surface area contributed by atoms with Crippen LogP contribution in [0, 0.1) is 12.7 Å². The number of carboxylic acids is 1. The standard InChI is InChI=1S/C12H14FNO3/c1-3-14(7-11(15)16)12(17)9-4-8(2)5-10(13)6-9/h4-6H,3,7H2,1-2H3,(H,15,16). The molecule has 0 fully saturated rings. The molecule has 4 nitrogen and oxygen atoms in total. The molecule has 0 saturated heterocycles. The Labute approximate surface area is 98.7 Å². The fourth-order valence-electron chi connectivity index (χ4n) is 1.53. The highest BCUT2D eigenvalue weighted by Gasteiger charge is 2.17. The van der Waals surface area contributed by atoms with Crippen molar-refractivity contribution < 1.29 is 19.1 Å². The molecule has 1 aromatic rings. The average molecular weight is 239 g/mol. The second kappa shape index (κ2) is 5.43. The van der Waals surface area contributed by atoms with Crippen LogP contribution in [0.1, 0.15) is 22.8 Å². The molecular weight excluding hydrogens is 225 g/mol. The molecule has 0 bridgehead atoms. The van der Waals surface area contributed by atoms with Gasteiger partial charge in [0.15, 0.2) is 0 Å². The zero-order chi connectivity index (χ0) is 13.0. The Morgan fingerprint density at radius 1 is 1.35 bits per heavy atom. The van der Waals surface area contributed by atoms with Crippen LogP contribution >= 0.6 is 0 Å². The Hall–Kier alpha value is -1.91. The summed E-state index contributed by atoms with van der Waals surface area (Å²) in [5.41, 5.74) is 0.797. The van der Waals surface area contributed by atoms with Crippen LogP contribution in [0.5, 0.6) is 0 Å². The Bertz CT molecular complexity index is 425. The Kier molecular flexibility index (Phi) is 4.20. The molecule has 17 heavy (non-hydrogen) atoms. The van der Waals surface area contributed by atoms with E-state index < -0.39 is 17.7 Å². The van der Waals surface area contributed by atoms with Gasteiger partial charge in [-0.05, 0) is 37.6 Å². The van der Waals surface area contributed by atoms with E-state index in [0.717, 1.165) is 11.0 Å². The highest BCUT2D eigenvalue weighted by molar-refractivity contribution is 5.96. The molecule has 0 unspecified atom stereocenters. The first-order chi connectivity index (χ1) is 7.93. The zero-order valence-electron chi connectivity index (χ0n) is 9.74. The molecule has 0 spiro atoms. The van der Waals surface area contributed by atoms with E-state index in [9.17, 15) is 14.0 Å². The minimum Gasteiger partial charge on any atom is -0.480 e. The largest absolute Gasteiger partial charge is 0.480 e. The van der Waals surface area contributed by atoms with Crippen molar-refractivity contribution in [1.29, 1.82) is 0 Å². The lowest BCUT2D eigenvalue weighted by Gasteiger charge is -2.18. The van der Waals surface area contributed by atoms with Crippen LogP contribution in [-0.4, -0.2) is 35.0 Å². The monoisotopic (exact) mass is 239 g/mol. The van der Waals surface area contributed by atoms with E-state index in [4.69, 9.17) is 5.11 Å². The van der Waals surface area contributed by atoms with Gasteiger partial charge >= 0.3 is 5.97 Å². The van der Waals surface area contributed by atoms with Crippen molar-refractivity contribution in [3.63, 3.8) is 0 Å². The summed E-state index contributed by atoms with van der Waals surface area (Å²) < 4.78 is 13.1. The van der Waals surface area contributed by atoms with E-state index in [1.165, 1.54) is 12.1 Å². The molecule has 1 rings (SSSR count). The van der Waals surface area contributed by atoms with Gasteiger partial charge in [0.05, 0.1) is 0 Å². The highest BCUT2D eigenvalue weighted by Crippen LogP contribution is 2.11. The normalized spacial score (nSPS) is 10.1. The van der Waals surface area contributed by atoms with Gasteiger partial charge in [-0.25, -0.2) is 4.39 Å². The van der Waals surface area contributed by atoms with Crippen molar-refractivity contribution >= 4 is 11.9 Å². The first-order valence-corrected chi connectivity index (χ1v) is 5.22. The summed E-state index contributed by atoms with van der Waals surface area (Å²) in [5, 5.41) is 8.65. The number of amides is 1. The molecule has 0 aliphatic rings. The van der Waals surface area contributed by atoms with Crippen LogP contribution in [0.2, 0.25) is 0 Å². The number of carbonyl (C=O) groups is 2. The average Bonchev–Trinajstić information content (AvgIpc) is 2.23. The van der Waals surface area contributed by atoms with Gasteiger partial charge in [0.25, 0.3) is 5.91 Å². The third-order valence-corrected chi connectivity index (χ3v) is 2.28. The maximum absolute atomic E-state index is 13.1. The quantitative estimate of drug-likeness (QED) is 0.869. The topological polar surface area (TPSA) is 57.6 Å². The van der Waals surface area contributed by atoms with Crippen LogP contribution in [-0.2, 0) is 4.79 Å². The minimum absolute atomic E-state index is 0.172. The van der Waals surface area contributed by atoms with E-state index in [-0.39, 0.29) is 18.7 Å². The van der Waals surface area contributed by atoms with E-state index in [0.29, 0.717) is 5.56 Å². The summed E-state index contributed by atoms with van der Waals surface area (Å²) in [7, 11) is 0. The number of aliphatic carboxylic acids is 1. The predicted octanol–water partition coefficient (Wildman–Crippen LogP) is 1.68. The van der Waals surface area contributed by atoms with Gasteiger partial charge in [-0.15, -0.1) is 0 Å². The summed E-state index contributed by atoms with van der Waals surface area (Å²) in [6.45, 7) is 3.23. The third-order valence-electron chi connectivity index (χ3n) is 2.28. The summed E-state index contributed by atoms with van der Waals surface area (Å²) in [4.78, 5) is 23.6. The summed E-state index contributed by atoms with van der Waals surface area (Å²) in [6.07, 6.45) is 0. The summed E-state index contributed by atoms with van der Waals surface area (Å²) in [5.74, 6) is -2.06. The first-order valence-electron chi connectivity index (χ1n) is 5.22. The molecule has 0 heterocycles. The van der Waals surface area contributed by atoms with Gasteiger partial charge in [0, 0.05) is 12.1 Å². The van der Waals surface area contributed by atoms with Gasteiger partial charge in [-0.3, -0.25) is 9.59 Å². The smallest absolute Gasteiger partial charge is 0.323 e. The van der Waals surface area contributed by atoms with Crippen LogP contribution in [0.3, 0.4) is 0 Å². The molecule has 0 aliphatic carbocycles. The molecule has 1 amide bonds. The van der Waals surface area contributed by atoms with Gasteiger partial charge in [0.1, 0.15) is 12.4 Å². The van der Waals surface area contributed by atoms with Gasteiger partial charge in [-0.2, -0.15) is 0 Å².